The zero-order valence-corrected chi connectivity index (χ0v) is 9.51. The number of rotatable bonds is 4. The molecule has 7 heteroatoms. The number of anilines is 2. The second-order valence-electron chi connectivity index (χ2n) is 3.70. The minimum absolute atomic E-state index is 0.0820. The van der Waals surface area contributed by atoms with Gasteiger partial charge >= 0.3 is 0 Å². The van der Waals surface area contributed by atoms with Gasteiger partial charge in [0.1, 0.15) is 5.82 Å². The summed E-state index contributed by atoms with van der Waals surface area (Å²) in [5.74, 6) is -0.826. The molecule has 0 radical (unpaired) electrons. The molecule has 1 heterocycles. The second-order valence-corrected chi connectivity index (χ2v) is 3.70. The monoisotopic (exact) mass is 249 g/mol. The first-order valence-electron chi connectivity index (χ1n) is 5.34. The Hall–Kier alpha value is -2.44. The molecule has 0 aliphatic heterocycles. The number of carbonyl (C=O) groups is 1. The number of aromatic nitrogens is 3. The average Bonchev–Trinajstić information content (AvgIpc) is 2.84. The number of benzene rings is 1. The predicted octanol–water partition coefficient (Wildman–Crippen LogP) is 1.03. The summed E-state index contributed by atoms with van der Waals surface area (Å²) >= 11 is 0. The Morgan fingerprint density at radius 3 is 3.06 bits per heavy atom. The number of aryl methyl sites for hydroxylation is 1. The third kappa shape index (κ3) is 3.03. The summed E-state index contributed by atoms with van der Waals surface area (Å²) in [6.07, 6.45) is 3.35. The summed E-state index contributed by atoms with van der Waals surface area (Å²) < 4.78 is 14.9. The van der Waals surface area contributed by atoms with E-state index in [1.54, 1.807) is 6.20 Å². The number of nitrogens with two attached hydrogens (primary N) is 1. The fourth-order valence-corrected chi connectivity index (χ4v) is 1.42. The third-order valence-corrected chi connectivity index (χ3v) is 2.30. The topological polar surface area (TPSA) is 85.8 Å². The minimum Gasteiger partial charge on any atom is -0.399 e. The van der Waals surface area contributed by atoms with Gasteiger partial charge in [-0.15, -0.1) is 5.10 Å². The normalized spacial score (nSPS) is 10.3. The Kier molecular flexibility index (Phi) is 3.52. The van der Waals surface area contributed by atoms with E-state index in [0.29, 0.717) is 12.2 Å². The first kappa shape index (κ1) is 12.0. The molecule has 1 aromatic carbocycles. The molecule has 0 saturated heterocycles. The largest absolute Gasteiger partial charge is 0.399 e. The van der Waals surface area contributed by atoms with Gasteiger partial charge in [0.2, 0.25) is 5.91 Å². The average molecular weight is 249 g/mol. The lowest BCUT2D eigenvalue weighted by atomic mass is 10.2. The second kappa shape index (κ2) is 5.26. The number of amides is 1. The van der Waals surface area contributed by atoms with Crippen LogP contribution >= 0.6 is 0 Å². The van der Waals surface area contributed by atoms with Crippen molar-refractivity contribution in [3.05, 3.63) is 36.4 Å². The molecule has 18 heavy (non-hydrogen) atoms. The van der Waals surface area contributed by atoms with Gasteiger partial charge in [-0.1, -0.05) is 5.21 Å². The highest BCUT2D eigenvalue weighted by molar-refractivity contribution is 5.91. The van der Waals surface area contributed by atoms with Gasteiger partial charge in [0.25, 0.3) is 0 Å². The van der Waals surface area contributed by atoms with E-state index in [2.05, 4.69) is 15.6 Å². The lowest BCUT2D eigenvalue weighted by molar-refractivity contribution is -0.116. The van der Waals surface area contributed by atoms with Crippen molar-refractivity contribution in [3.63, 3.8) is 0 Å². The number of nitrogens with zero attached hydrogens (tertiary/aromatic N) is 3. The van der Waals surface area contributed by atoms with Gasteiger partial charge in [-0.3, -0.25) is 9.48 Å². The molecule has 0 unspecified atom stereocenters. The SMILES string of the molecule is Nc1ccc(F)c(NC(=O)CCn2ccnn2)c1. The molecule has 0 atom stereocenters. The van der Waals surface area contributed by atoms with E-state index in [1.807, 2.05) is 0 Å². The molecule has 0 bridgehead atoms. The highest BCUT2D eigenvalue weighted by atomic mass is 19.1. The lowest BCUT2D eigenvalue weighted by Gasteiger charge is -2.07. The number of nitrogen functional groups attached to an aromatic ring is 1. The highest BCUT2D eigenvalue weighted by Gasteiger charge is 2.07. The van der Waals surface area contributed by atoms with Crippen molar-refractivity contribution in [2.45, 2.75) is 13.0 Å². The first-order chi connectivity index (χ1) is 8.65. The van der Waals surface area contributed by atoms with Gasteiger partial charge in [0, 0.05) is 18.3 Å². The fraction of sp³-hybridized carbons (Fsp3) is 0.182. The molecule has 3 N–H and O–H groups in total. The van der Waals surface area contributed by atoms with E-state index < -0.39 is 5.82 Å². The Labute approximate surface area is 103 Å². The van der Waals surface area contributed by atoms with Gasteiger partial charge in [0.05, 0.1) is 18.4 Å². The van der Waals surface area contributed by atoms with Gasteiger partial charge in [-0.05, 0) is 18.2 Å². The Morgan fingerprint density at radius 2 is 2.33 bits per heavy atom. The predicted molar refractivity (Wildman–Crippen MR) is 64.1 cm³/mol. The Bertz CT molecular complexity index is 540. The number of hydrogen-bond acceptors (Lipinski definition) is 4. The van der Waals surface area contributed by atoms with Crippen molar-refractivity contribution in [2.75, 3.05) is 11.1 Å². The van der Waals surface area contributed by atoms with E-state index in [1.165, 1.54) is 29.1 Å². The maximum atomic E-state index is 13.3. The number of halogens is 1. The number of nitrogens with one attached hydrogen (secondary N) is 1. The van der Waals surface area contributed by atoms with Crippen LogP contribution in [0.5, 0.6) is 0 Å². The van der Waals surface area contributed by atoms with Crippen LogP contribution in [-0.2, 0) is 11.3 Å². The molecule has 0 aliphatic rings. The maximum absolute atomic E-state index is 13.3. The molecule has 94 valence electrons. The summed E-state index contributed by atoms with van der Waals surface area (Å²) in [5, 5.41) is 9.79. The molecular weight excluding hydrogens is 237 g/mol. The summed E-state index contributed by atoms with van der Waals surface area (Å²) in [7, 11) is 0. The highest BCUT2D eigenvalue weighted by Crippen LogP contribution is 2.17. The van der Waals surface area contributed by atoms with E-state index >= 15 is 0 Å². The van der Waals surface area contributed by atoms with E-state index in [9.17, 15) is 9.18 Å². The Morgan fingerprint density at radius 1 is 1.50 bits per heavy atom. The van der Waals surface area contributed by atoms with Crippen molar-refractivity contribution in [2.24, 2.45) is 0 Å². The standard InChI is InChI=1S/C11H12FN5O/c12-9-2-1-8(13)7-10(9)15-11(18)3-5-17-6-4-14-16-17/h1-2,4,6-7H,3,5,13H2,(H,15,18). The van der Waals surface area contributed by atoms with Crippen LogP contribution in [0.3, 0.4) is 0 Å². The Balaban J connectivity index is 1.92. The molecule has 2 aromatic rings. The quantitative estimate of drug-likeness (QED) is 0.792. The van der Waals surface area contributed by atoms with E-state index in [4.69, 9.17) is 5.73 Å². The molecule has 0 fully saturated rings. The molecule has 0 aliphatic carbocycles. The number of hydrogen-bond donors (Lipinski definition) is 2. The molecule has 0 spiro atoms. The molecule has 2 rings (SSSR count). The van der Waals surface area contributed by atoms with Gasteiger partial charge in [-0.2, -0.15) is 0 Å². The van der Waals surface area contributed by atoms with Crippen LogP contribution in [0.1, 0.15) is 6.42 Å². The summed E-state index contributed by atoms with van der Waals surface area (Å²) in [5.41, 5.74) is 5.99. The molecule has 1 amide bonds. The third-order valence-electron chi connectivity index (χ3n) is 2.30. The van der Waals surface area contributed by atoms with Gasteiger partial charge in [0.15, 0.2) is 0 Å². The number of carbonyl (C=O) groups excluding carboxylic acids is 1. The van der Waals surface area contributed by atoms with Crippen molar-refractivity contribution in [1.29, 1.82) is 0 Å². The van der Waals surface area contributed by atoms with Crippen LogP contribution < -0.4 is 11.1 Å². The van der Waals surface area contributed by atoms with Crippen molar-refractivity contribution >= 4 is 17.3 Å². The maximum Gasteiger partial charge on any atom is 0.226 e. The van der Waals surface area contributed by atoms with Crippen LogP contribution in [0.2, 0.25) is 0 Å². The van der Waals surface area contributed by atoms with E-state index in [0.717, 1.165) is 0 Å². The van der Waals surface area contributed by atoms with Gasteiger partial charge < -0.3 is 11.1 Å². The van der Waals surface area contributed by atoms with Crippen molar-refractivity contribution in [1.82, 2.24) is 15.0 Å². The van der Waals surface area contributed by atoms with E-state index in [-0.39, 0.29) is 18.0 Å². The minimum atomic E-state index is -0.515. The van der Waals surface area contributed by atoms with Gasteiger partial charge in [-0.25, -0.2) is 4.39 Å². The van der Waals surface area contributed by atoms with Crippen LogP contribution in [-0.4, -0.2) is 20.9 Å². The first-order valence-corrected chi connectivity index (χ1v) is 5.34. The van der Waals surface area contributed by atoms with Crippen LogP contribution in [0.25, 0.3) is 0 Å². The van der Waals surface area contributed by atoms with Crippen molar-refractivity contribution < 1.29 is 9.18 Å². The van der Waals surface area contributed by atoms with Crippen LogP contribution in [0, 0.1) is 5.82 Å². The molecular formula is C11H12FN5O. The summed E-state index contributed by atoms with van der Waals surface area (Å²) in [6, 6.07) is 4.02. The van der Waals surface area contributed by atoms with Crippen molar-refractivity contribution in [3.8, 4) is 0 Å². The zero-order chi connectivity index (χ0) is 13.0. The summed E-state index contributed by atoms with van der Waals surface area (Å²) in [4.78, 5) is 11.6. The van der Waals surface area contributed by atoms with Crippen LogP contribution in [0.15, 0.2) is 30.6 Å². The summed E-state index contributed by atoms with van der Waals surface area (Å²) in [6.45, 7) is 0.385. The zero-order valence-electron chi connectivity index (χ0n) is 9.51. The smallest absolute Gasteiger partial charge is 0.226 e. The lowest BCUT2D eigenvalue weighted by Crippen LogP contribution is -2.15. The molecule has 1 aromatic heterocycles. The molecule has 6 nitrogen and oxygen atoms in total. The molecule has 0 saturated carbocycles. The fourth-order valence-electron chi connectivity index (χ4n) is 1.42. The van der Waals surface area contributed by atoms with Crippen LogP contribution in [0.4, 0.5) is 15.8 Å².